The molecule has 0 aliphatic rings. The van der Waals surface area contributed by atoms with Crippen LogP contribution in [0.2, 0.25) is 0 Å². The molecular weight excluding hydrogens is 292 g/mol. The van der Waals surface area contributed by atoms with E-state index in [9.17, 15) is 4.79 Å². The molecule has 1 N–H and O–H groups in total. The van der Waals surface area contributed by atoms with Crippen LogP contribution in [0.1, 0.15) is 21.5 Å². The Morgan fingerprint density at radius 3 is 2.59 bits per heavy atom. The zero-order valence-corrected chi connectivity index (χ0v) is 13.3. The van der Waals surface area contributed by atoms with Crippen LogP contribution in [0.5, 0.6) is 0 Å². The van der Waals surface area contributed by atoms with E-state index in [0.29, 0.717) is 5.56 Å². The van der Waals surface area contributed by atoms with Gasteiger partial charge in [-0.3, -0.25) is 4.79 Å². The van der Waals surface area contributed by atoms with E-state index < -0.39 is 0 Å². The number of benzene rings is 2. The highest BCUT2D eigenvalue weighted by Gasteiger charge is 2.03. The van der Waals surface area contributed by atoms with Crippen LogP contribution < -0.4 is 0 Å². The predicted molar refractivity (Wildman–Crippen MR) is 91.3 cm³/mol. The van der Waals surface area contributed by atoms with Crippen molar-refractivity contribution in [2.75, 3.05) is 0 Å². The number of hydrogen-bond acceptors (Lipinski definition) is 3. The fraction of sp³-hybridized carbons (Fsp3) is 0.111. The minimum Gasteiger partial charge on any atom is -0.333 e. The van der Waals surface area contributed by atoms with Gasteiger partial charge in [-0.1, -0.05) is 47.7 Å². The molecule has 0 amide bonds. The normalized spacial score (nSPS) is 11.4. The summed E-state index contributed by atoms with van der Waals surface area (Å²) in [6.07, 6.45) is 1.58. The number of H-pyrrole nitrogens is 1. The first-order chi connectivity index (χ1) is 10.6. The minimum absolute atomic E-state index is 0.000504. The second kappa shape index (κ2) is 6.20. The maximum atomic E-state index is 12.0. The van der Waals surface area contributed by atoms with Crippen LogP contribution in [0.4, 0.5) is 0 Å². The Morgan fingerprint density at radius 2 is 1.82 bits per heavy atom. The van der Waals surface area contributed by atoms with Crippen LogP contribution in [-0.4, -0.2) is 15.8 Å². The zero-order valence-electron chi connectivity index (χ0n) is 12.5. The number of aromatic amines is 1. The molecule has 0 unspecified atom stereocenters. The number of nitrogens with one attached hydrogen (secondary N) is 1. The summed E-state index contributed by atoms with van der Waals surface area (Å²) in [5.74, 6) is -0.000504. The average molecular weight is 308 g/mol. The smallest absolute Gasteiger partial charge is 0.186 e. The number of fused-ring (bicyclic) bond motifs is 1. The molecule has 4 heteroatoms. The second-order valence-electron chi connectivity index (χ2n) is 5.21. The number of aryl methyl sites for hydroxylation is 2. The third-order valence-electron chi connectivity index (χ3n) is 3.35. The summed E-state index contributed by atoms with van der Waals surface area (Å²) in [5, 5.41) is 2.56. The van der Waals surface area contributed by atoms with Crippen LogP contribution in [-0.2, 0) is 0 Å². The molecule has 0 aliphatic heterocycles. The zero-order chi connectivity index (χ0) is 15.5. The molecule has 3 aromatic rings. The lowest BCUT2D eigenvalue weighted by atomic mass is 10.1. The van der Waals surface area contributed by atoms with E-state index in [0.717, 1.165) is 21.8 Å². The van der Waals surface area contributed by atoms with E-state index in [4.69, 9.17) is 0 Å². The van der Waals surface area contributed by atoms with Crippen LogP contribution in [0, 0.1) is 13.8 Å². The van der Waals surface area contributed by atoms with Crippen LogP contribution in [0.15, 0.2) is 59.1 Å². The summed E-state index contributed by atoms with van der Waals surface area (Å²) in [6.45, 7) is 4.05. The number of rotatable bonds is 4. The maximum Gasteiger partial charge on any atom is 0.186 e. The van der Waals surface area contributed by atoms with E-state index in [1.54, 1.807) is 11.5 Å². The Labute approximate surface area is 133 Å². The van der Waals surface area contributed by atoms with Gasteiger partial charge in [0.2, 0.25) is 0 Å². The quantitative estimate of drug-likeness (QED) is 0.433. The van der Waals surface area contributed by atoms with Crippen molar-refractivity contribution in [3.8, 4) is 0 Å². The highest BCUT2D eigenvalue weighted by molar-refractivity contribution is 8.02. The summed E-state index contributed by atoms with van der Waals surface area (Å²) in [4.78, 5) is 19.8. The summed E-state index contributed by atoms with van der Waals surface area (Å²) in [7, 11) is 0. The monoisotopic (exact) mass is 308 g/mol. The van der Waals surface area contributed by atoms with Crippen LogP contribution >= 0.6 is 11.8 Å². The third-order valence-corrected chi connectivity index (χ3v) is 4.04. The van der Waals surface area contributed by atoms with Gasteiger partial charge in [0.15, 0.2) is 10.9 Å². The van der Waals surface area contributed by atoms with Gasteiger partial charge in [-0.05, 0) is 43.0 Å². The number of nitrogens with zero attached hydrogens (tertiary/aromatic N) is 1. The lowest BCUT2D eigenvalue weighted by Gasteiger charge is -1.96. The summed E-state index contributed by atoms with van der Waals surface area (Å²) < 4.78 is 0. The SMILES string of the molecule is Cc1ccc(C(=O)C=CSc2nc3ccc(C)cc3[nH]2)cc1. The number of aromatic nitrogens is 2. The first-order valence-corrected chi connectivity index (χ1v) is 7.90. The Morgan fingerprint density at radius 1 is 1.09 bits per heavy atom. The number of allylic oxidation sites excluding steroid dienone is 1. The first-order valence-electron chi connectivity index (χ1n) is 7.02. The fourth-order valence-electron chi connectivity index (χ4n) is 2.13. The highest BCUT2D eigenvalue weighted by Crippen LogP contribution is 2.21. The lowest BCUT2D eigenvalue weighted by Crippen LogP contribution is -1.93. The summed E-state index contributed by atoms with van der Waals surface area (Å²) >= 11 is 1.41. The molecule has 3 nitrogen and oxygen atoms in total. The molecule has 0 fully saturated rings. The van der Waals surface area contributed by atoms with Crippen LogP contribution in [0.25, 0.3) is 11.0 Å². The molecule has 0 atom stereocenters. The lowest BCUT2D eigenvalue weighted by molar-refractivity contribution is 0.104. The van der Waals surface area contributed by atoms with E-state index in [2.05, 4.69) is 16.0 Å². The summed E-state index contributed by atoms with van der Waals surface area (Å²) in [5.41, 5.74) is 4.99. The minimum atomic E-state index is -0.000504. The van der Waals surface area contributed by atoms with Gasteiger partial charge in [0, 0.05) is 5.56 Å². The molecule has 3 rings (SSSR count). The van der Waals surface area contributed by atoms with Crippen molar-refractivity contribution in [2.45, 2.75) is 19.0 Å². The highest BCUT2D eigenvalue weighted by atomic mass is 32.2. The van der Waals surface area contributed by atoms with E-state index in [1.807, 2.05) is 50.2 Å². The number of hydrogen-bond donors (Lipinski definition) is 1. The van der Waals surface area contributed by atoms with Crippen molar-refractivity contribution in [3.05, 3.63) is 70.6 Å². The van der Waals surface area contributed by atoms with Gasteiger partial charge in [-0.15, -0.1) is 0 Å². The molecule has 0 aliphatic carbocycles. The fourth-order valence-corrected chi connectivity index (χ4v) is 2.77. The van der Waals surface area contributed by atoms with E-state index in [1.165, 1.54) is 17.3 Å². The van der Waals surface area contributed by atoms with Crippen molar-refractivity contribution in [3.63, 3.8) is 0 Å². The van der Waals surface area contributed by atoms with Crippen LogP contribution in [0.3, 0.4) is 0 Å². The van der Waals surface area contributed by atoms with E-state index >= 15 is 0 Å². The molecular formula is C18H16N2OS. The molecule has 0 spiro atoms. The van der Waals surface area contributed by atoms with E-state index in [-0.39, 0.29) is 5.78 Å². The molecule has 22 heavy (non-hydrogen) atoms. The largest absolute Gasteiger partial charge is 0.333 e. The molecule has 2 aromatic carbocycles. The molecule has 0 saturated heterocycles. The Bertz CT molecular complexity index is 847. The molecule has 0 bridgehead atoms. The van der Waals surface area contributed by atoms with Gasteiger partial charge in [0.25, 0.3) is 0 Å². The van der Waals surface area contributed by atoms with Gasteiger partial charge < -0.3 is 4.98 Å². The number of carbonyl (C=O) groups excluding carboxylic acids is 1. The third kappa shape index (κ3) is 3.28. The standard InChI is InChI=1S/C18H16N2OS/c1-12-3-6-14(7-4-12)17(21)9-10-22-18-19-15-8-5-13(2)11-16(15)20-18/h3-11H,1-2H3,(H,19,20). The van der Waals surface area contributed by atoms with Gasteiger partial charge in [0.1, 0.15) is 0 Å². The number of ketones is 1. The van der Waals surface area contributed by atoms with Gasteiger partial charge in [-0.2, -0.15) is 0 Å². The average Bonchev–Trinajstić information content (AvgIpc) is 2.89. The Balaban J connectivity index is 1.70. The van der Waals surface area contributed by atoms with Gasteiger partial charge >= 0.3 is 0 Å². The molecule has 0 saturated carbocycles. The predicted octanol–water partition coefficient (Wildman–Crippen LogP) is 4.67. The van der Waals surface area contributed by atoms with Crippen molar-refractivity contribution in [2.24, 2.45) is 0 Å². The second-order valence-corrected chi connectivity index (χ2v) is 6.11. The topological polar surface area (TPSA) is 45.8 Å². The van der Waals surface area contributed by atoms with Gasteiger partial charge in [-0.25, -0.2) is 4.98 Å². The Hall–Kier alpha value is -2.33. The number of imidazole rings is 1. The first kappa shape index (κ1) is 14.6. The molecule has 0 radical (unpaired) electrons. The molecule has 1 heterocycles. The van der Waals surface area contributed by atoms with Crippen molar-refractivity contribution >= 4 is 28.6 Å². The van der Waals surface area contributed by atoms with Crippen molar-refractivity contribution < 1.29 is 4.79 Å². The Kier molecular flexibility index (Phi) is 4.11. The number of thioether (sulfide) groups is 1. The van der Waals surface area contributed by atoms with Gasteiger partial charge in [0.05, 0.1) is 11.0 Å². The van der Waals surface area contributed by atoms with Crippen molar-refractivity contribution in [1.82, 2.24) is 9.97 Å². The number of carbonyl (C=O) groups is 1. The maximum absolute atomic E-state index is 12.0. The summed E-state index contributed by atoms with van der Waals surface area (Å²) in [6, 6.07) is 13.7. The molecule has 1 aromatic heterocycles. The molecule has 110 valence electrons. The van der Waals surface area contributed by atoms with Crippen molar-refractivity contribution in [1.29, 1.82) is 0 Å².